The maximum absolute atomic E-state index is 6.22. The number of fused-ring (bicyclic) bond motifs is 2. The van der Waals surface area contributed by atoms with Crippen molar-refractivity contribution in [3.8, 4) is 24.7 Å². The molecular formula is C47H48N6S. The maximum atomic E-state index is 6.22. The molecule has 7 heteroatoms. The molecule has 0 aromatic heterocycles. The molecule has 6 nitrogen and oxygen atoms in total. The van der Waals surface area contributed by atoms with E-state index in [1.807, 2.05) is 0 Å². The van der Waals surface area contributed by atoms with Crippen LogP contribution in [0.15, 0.2) is 111 Å². The number of anilines is 2. The Labute approximate surface area is 325 Å². The molecule has 0 saturated heterocycles. The highest BCUT2D eigenvalue weighted by atomic mass is 32.2. The minimum atomic E-state index is -0.539. The van der Waals surface area contributed by atoms with E-state index in [0.29, 0.717) is 24.5 Å². The second-order valence-corrected chi connectivity index (χ2v) is 15.6. The van der Waals surface area contributed by atoms with E-state index in [1.54, 1.807) is 11.8 Å². The minimum Gasteiger partial charge on any atom is -0.370 e. The summed E-state index contributed by atoms with van der Waals surface area (Å²) in [5.74, 6) is 6.78. The average molecular weight is 729 g/mol. The predicted molar refractivity (Wildman–Crippen MR) is 234 cm³/mol. The molecule has 0 aliphatic carbocycles. The summed E-state index contributed by atoms with van der Waals surface area (Å²) >= 11 is 1.80. The molecule has 54 heavy (non-hydrogen) atoms. The molecule has 272 valence electrons. The van der Waals surface area contributed by atoms with Crippen LogP contribution in [0.25, 0.3) is 11.1 Å². The van der Waals surface area contributed by atoms with Gasteiger partial charge in [0, 0.05) is 71.5 Å². The summed E-state index contributed by atoms with van der Waals surface area (Å²) in [6.45, 7) is 11.5. The van der Waals surface area contributed by atoms with Crippen molar-refractivity contribution >= 4 is 56.5 Å². The SMILES string of the molecule is C#CC(=NCCC)C1=CC(C)(C2=NCCC=C2)Nc2ccc(C(c3ccccc3)c3ccc4c(c3)C(C(C#C)=NCCC)=CC(C)(C3=NCCS3)N4)cc21. The van der Waals surface area contributed by atoms with Crippen LogP contribution >= 0.6 is 11.8 Å². The average Bonchev–Trinajstić information content (AvgIpc) is 3.76. The molecule has 0 spiro atoms. The Hall–Kier alpha value is -5.37. The molecule has 7 rings (SSSR count). The van der Waals surface area contributed by atoms with Gasteiger partial charge in [-0.1, -0.05) is 74.2 Å². The Morgan fingerprint density at radius 3 is 1.89 bits per heavy atom. The molecule has 0 saturated carbocycles. The molecule has 4 aliphatic rings. The lowest BCUT2D eigenvalue weighted by Gasteiger charge is -2.37. The second kappa shape index (κ2) is 15.9. The van der Waals surface area contributed by atoms with E-state index in [1.165, 1.54) is 5.56 Å². The molecule has 4 heterocycles. The van der Waals surface area contributed by atoms with Crippen LogP contribution < -0.4 is 10.6 Å². The fourth-order valence-corrected chi connectivity index (χ4v) is 8.71. The van der Waals surface area contributed by atoms with E-state index in [4.69, 9.17) is 32.8 Å². The van der Waals surface area contributed by atoms with Crippen LogP contribution in [0.5, 0.6) is 0 Å². The van der Waals surface area contributed by atoms with Crippen LogP contribution in [0.4, 0.5) is 11.4 Å². The summed E-state index contributed by atoms with van der Waals surface area (Å²) < 4.78 is 0. The lowest BCUT2D eigenvalue weighted by atomic mass is 9.78. The minimum absolute atomic E-state index is 0.0879. The van der Waals surface area contributed by atoms with Crippen molar-refractivity contribution < 1.29 is 0 Å². The molecule has 3 aromatic rings. The normalized spacial score (nSPS) is 22.6. The van der Waals surface area contributed by atoms with Gasteiger partial charge in [-0.15, -0.1) is 24.6 Å². The zero-order chi connectivity index (χ0) is 37.7. The number of benzene rings is 3. The number of thioether (sulfide) groups is 1. The summed E-state index contributed by atoms with van der Waals surface area (Å²) in [4.78, 5) is 19.6. The highest BCUT2D eigenvalue weighted by Crippen LogP contribution is 2.44. The van der Waals surface area contributed by atoms with E-state index < -0.39 is 11.1 Å². The molecule has 2 N–H and O–H groups in total. The van der Waals surface area contributed by atoms with Gasteiger partial charge in [-0.25, -0.2) is 0 Å². The number of dihydropyridines is 1. The van der Waals surface area contributed by atoms with Crippen LogP contribution in [-0.4, -0.2) is 65.2 Å². The topological polar surface area (TPSA) is 73.5 Å². The first kappa shape index (κ1) is 37.0. The number of hydrogen-bond acceptors (Lipinski definition) is 7. The van der Waals surface area contributed by atoms with E-state index in [9.17, 15) is 0 Å². The Morgan fingerprint density at radius 2 is 1.37 bits per heavy atom. The van der Waals surface area contributed by atoms with E-state index in [2.05, 4.69) is 141 Å². The van der Waals surface area contributed by atoms with E-state index >= 15 is 0 Å². The lowest BCUT2D eigenvalue weighted by molar-refractivity contribution is 0.824. The fourth-order valence-electron chi connectivity index (χ4n) is 7.74. The number of nitrogens with one attached hydrogen (secondary N) is 2. The highest BCUT2D eigenvalue weighted by molar-refractivity contribution is 8.14. The fraction of sp³-hybridized carbons (Fsp3) is 0.319. The molecule has 0 fully saturated rings. The standard InChI is InChI=1S/C47H48N6S/c1-7-23-48-39(9-3)37-30-46(5,43-18-14-15-25-50-43)52-41-21-19-33(28-35(37)41)44(32-16-12-11-13-17-32)34-20-22-42-36(29-34)38(40(10-4)49-24-8-2)31-47(6,53-42)45-51-26-27-54-45/h3-4,11-14,16-22,28-31,44,52-53H,7-8,15,23-27H2,1-2,5-6H3. The molecule has 3 aromatic carbocycles. The molecule has 3 unspecified atom stereocenters. The molecular weight excluding hydrogens is 681 g/mol. The Bertz CT molecular complexity index is 2240. The summed E-state index contributed by atoms with van der Waals surface area (Å²) in [6, 6.07) is 24.1. The van der Waals surface area contributed by atoms with Crippen LogP contribution in [0.3, 0.4) is 0 Å². The van der Waals surface area contributed by atoms with Crippen molar-refractivity contribution in [1.29, 1.82) is 0 Å². The highest BCUT2D eigenvalue weighted by Gasteiger charge is 2.38. The number of hydrogen-bond donors (Lipinski definition) is 2. The van der Waals surface area contributed by atoms with Gasteiger partial charge in [-0.05, 0) is 92.3 Å². The van der Waals surface area contributed by atoms with Gasteiger partial charge in [0.05, 0.1) is 16.3 Å². The molecule has 0 bridgehead atoms. The zero-order valence-electron chi connectivity index (χ0n) is 31.7. The zero-order valence-corrected chi connectivity index (χ0v) is 32.6. The first-order valence-corrected chi connectivity index (χ1v) is 20.1. The first-order chi connectivity index (χ1) is 26.3. The predicted octanol–water partition coefficient (Wildman–Crippen LogP) is 9.52. The van der Waals surface area contributed by atoms with Gasteiger partial charge in [0.25, 0.3) is 0 Å². The van der Waals surface area contributed by atoms with Crippen LogP contribution in [0.1, 0.15) is 80.7 Å². The van der Waals surface area contributed by atoms with Crippen molar-refractivity contribution in [3.63, 3.8) is 0 Å². The Balaban J connectivity index is 1.39. The van der Waals surface area contributed by atoms with Gasteiger partial charge in [-0.2, -0.15) is 0 Å². The number of rotatable bonds is 11. The molecule has 4 aliphatic heterocycles. The molecule has 0 amide bonds. The number of nitrogens with zero attached hydrogens (tertiary/aromatic N) is 4. The lowest BCUT2D eigenvalue weighted by Crippen LogP contribution is -2.44. The van der Waals surface area contributed by atoms with Gasteiger partial charge in [-0.3, -0.25) is 20.0 Å². The smallest absolute Gasteiger partial charge is 0.115 e. The number of aliphatic imine (C=N–C) groups is 4. The largest absolute Gasteiger partial charge is 0.370 e. The quantitative estimate of drug-likeness (QED) is 0.117. The van der Waals surface area contributed by atoms with Gasteiger partial charge < -0.3 is 10.6 Å². The first-order valence-electron chi connectivity index (χ1n) is 19.1. The van der Waals surface area contributed by atoms with E-state index in [0.717, 1.165) is 93.6 Å². The van der Waals surface area contributed by atoms with Crippen LogP contribution in [-0.2, 0) is 0 Å². The summed E-state index contributed by atoms with van der Waals surface area (Å²) in [5.41, 5.74) is 10.8. The monoisotopic (exact) mass is 728 g/mol. The second-order valence-electron chi connectivity index (χ2n) is 14.5. The van der Waals surface area contributed by atoms with Crippen molar-refractivity contribution in [2.75, 3.05) is 42.6 Å². The summed E-state index contributed by atoms with van der Waals surface area (Å²) in [6.07, 6.45) is 24.0. The number of allylic oxidation sites excluding steroid dienone is 2. The summed E-state index contributed by atoms with van der Waals surface area (Å²) in [7, 11) is 0. The van der Waals surface area contributed by atoms with E-state index in [-0.39, 0.29) is 5.92 Å². The Morgan fingerprint density at radius 1 is 0.778 bits per heavy atom. The third-order valence-electron chi connectivity index (χ3n) is 10.3. The van der Waals surface area contributed by atoms with Crippen LogP contribution in [0.2, 0.25) is 0 Å². The van der Waals surface area contributed by atoms with Gasteiger partial charge in [0.1, 0.15) is 17.0 Å². The number of terminal acetylenes is 2. The Kier molecular flexibility index (Phi) is 10.9. The third-order valence-corrected chi connectivity index (χ3v) is 11.5. The van der Waals surface area contributed by atoms with Crippen molar-refractivity contribution in [3.05, 3.63) is 119 Å². The van der Waals surface area contributed by atoms with Crippen molar-refractivity contribution in [1.82, 2.24) is 0 Å². The summed E-state index contributed by atoms with van der Waals surface area (Å²) in [5, 5.41) is 8.73. The van der Waals surface area contributed by atoms with Gasteiger partial charge in [0.15, 0.2) is 0 Å². The van der Waals surface area contributed by atoms with Crippen molar-refractivity contribution in [2.45, 2.75) is 64.0 Å². The van der Waals surface area contributed by atoms with Gasteiger partial charge in [0.2, 0.25) is 0 Å². The molecule has 0 radical (unpaired) electrons. The van der Waals surface area contributed by atoms with Crippen LogP contribution in [0, 0.1) is 24.7 Å². The maximum Gasteiger partial charge on any atom is 0.115 e. The molecule has 3 atom stereocenters. The van der Waals surface area contributed by atoms with Gasteiger partial charge >= 0.3 is 0 Å². The van der Waals surface area contributed by atoms with Crippen molar-refractivity contribution in [2.24, 2.45) is 20.0 Å². The third kappa shape index (κ3) is 7.26.